The molecule has 0 amide bonds. The van der Waals surface area contributed by atoms with Crippen LogP contribution in [0.15, 0.2) is 29.3 Å². The number of hydrogen-bond donors (Lipinski definition) is 2. The first-order chi connectivity index (χ1) is 11.2. The Kier molecular flexibility index (Phi) is 4.02. The zero-order chi connectivity index (χ0) is 15.8. The summed E-state index contributed by atoms with van der Waals surface area (Å²) in [6.45, 7) is 5.10. The lowest BCUT2D eigenvalue weighted by Gasteiger charge is -2.23. The third kappa shape index (κ3) is 3.09. The monoisotopic (exact) mass is 313 g/mol. The predicted molar refractivity (Wildman–Crippen MR) is 92.9 cm³/mol. The number of aryl methyl sites for hydroxylation is 1. The van der Waals surface area contributed by atoms with Gasteiger partial charge in [-0.15, -0.1) is 0 Å². The molecule has 2 saturated heterocycles. The Morgan fingerprint density at radius 1 is 1.17 bits per heavy atom. The van der Waals surface area contributed by atoms with Crippen molar-refractivity contribution in [3.05, 3.63) is 35.4 Å². The van der Waals surface area contributed by atoms with Crippen molar-refractivity contribution in [3.63, 3.8) is 0 Å². The highest BCUT2D eigenvalue weighted by Crippen LogP contribution is 2.42. The second-order valence-electron chi connectivity index (χ2n) is 7.13. The number of guanidine groups is 1. The molecule has 2 heterocycles. The van der Waals surface area contributed by atoms with Gasteiger partial charge in [0, 0.05) is 18.5 Å². The molecule has 3 aliphatic rings. The maximum Gasteiger partial charge on any atom is 0.191 e. The molecule has 1 aromatic rings. The minimum Gasteiger partial charge on any atom is -0.373 e. The molecule has 23 heavy (non-hydrogen) atoms. The summed E-state index contributed by atoms with van der Waals surface area (Å²) in [5, 5.41) is 7.26. The number of hydrogen-bond acceptors (Lipinski definition) is 2. The van der Waals surface area contributed by atoms with Crippen LogP contribution in [0.3, 0.4) is 0 Å². The molecule has 1 aliphatic carbocycles. The van der Waals surface area contributed by atoms with Gasteiger partial charge in [-0.3, -0.25) is 4.99 Å². The molecule has 2 aliphatic heterocycles. The van der Waals surface area contributed by atoms with Gasteiger partial charge in [-0.05, 0) is 50.7 Å². The molecule has 5 unspecified atom stereocenters. The van der Waals surface area contributed by atoms with E-state index >= 15 is 0 Å². The van der Waals surface area contributed by atoms with Crippen LogP contribution < -0.4 is 10.6 Å². The van der Waals surface area contributed by atoms with Crippen LogP contribution in [0.1, 0.15) is 49.7 Å². The average Bonchev–Trinajstić information content (AvgIpc) is 2.98. The number of benzene rings is 1. The van der Waals surface area contributed by atoms with Crippen LogP contribution in [0.5, 0.6) is 0 Å². The van der Waals surface area contributed by atoms with E-state index in [4.69, 9.17) is 4.74 Å². The Balaban J connectivity index is 1.37. The molecular weight excluding hydrogens is 286 g/mol. The Bertz CT molecular complexity index is 600. The summed E-state index contributed by atoms with van der Waals surface area (Å²) in [4.78, 5) is 4.64. The molecule has 2 bridgehead atoms. The molecule has 1 saturated carbocycles. The molecule has 4 rings (SSSR count). The lowest BCUT2D eigenvalue weighted by Crippen LogP contribution is -2.48. The fraction of sp³-hybridized carbons (Fsp3) is 0.632. The van der Waals surface area contributed by atoms with Crippen molar-refractivity contribution >= 4 is 5.96 Å². The maximum absolute atomic E-state index is 5.95. The molecule has 0 radical (unpaired) electrons. The van der Waals surface area contributed by atoms with E-state index in [1.54, 1.807) is 0 Å². The second-order valence-corrected chi connectivity index (χ2v) is 7.13. The average molecular weight is 313 g/mol. The fourth-order valence-electron chi connectivity index (χ4n) is 4.13. The normalized spacial score (nSPS) is 35.4. The molecule has 3 fully saturated rings. The molecule has 2 N–H and O–H groups in total. The van der Waals surface area contributed by atoms with E-state index < -0.39 is 0 Å². The maximum atomic E-state index is 5.95. The first-order valence-corrected chi connectivity index (χ1v) is 9.03. The summed E-state index contributed by atoms with van der Waals surface area (Å²) < 4.78 is 5.95. The number of ether oxygens (including phenoxy) is 1. The summed E-state index contributed by atoms with van der Waals surface area (Å²) in [6, 6.07) is 9.66. The van der Waals surface area contributed by atoms with Crippen molar-refractivity contribution in [1.82, 2.24) is 10.6 Å². The first-order valence-electron chi connectivity index (χ1n) is 9.03. The smallest absolute Gasteiger partial charge is 0.191 e. The van der Waals surface area contributed by atoms with E-state index in [0.29, 0.717) is 30.2 Å². The summed E-state index contributed by atoms with van der Waals surface area (Å²) in [5.74, 6) is 1.59. The van der Waals surface area contributed by atoms with E-state index in [1.165, 1.54) is 30.4 Å². The molecule has 1 aromatic carbocycles. The van der Waals surface area contributed by atoms with Gasteiger partial charge in [-0.25, -0.2) is 0 Å². The van der Waals surface area contributed by atoms with Crippen LogP contribution in [0.25, 0.3) is 0 Å². The third-order valence-corrected chi connectivity index (χ3v) is 5.44. The van der Waals surface area contributed by atoms with Crippen LogP contribution in [0.4, 0.5) is 0 Å². The SMILES string of the molecule is CCN=C(NC1CC2CCC1O2)NC1CC1c1ccccc1C. The lowest BCUT2D eigenvalue weighted by molar-refractivity contribution is 0.0992. The van der Waals surface area contributed by atoms with Crippen LogP contribution in [0.2, 0.25) is 0 Å². The van der Waals surface area contributed by atoms with Gasteiger partial charge in [0.2, 0.25) is 0 Å². The van der Waals surface area contributed by atoms with Crippen LogP contribution in [-0.4, -0.2) is 36.8 Å². The van der Waals surface area contributed by atoms with Crippen molar-refractivity contribution in [3.8, 4) is 0 Å². The summed E-state index contributed by atoms with van der Waals surface area (Å²) >= 11 is 0. The van der Waals surface area contributed by atoms with Crippen molar-refractivity contribution in [1.29, 1.82) is 0 Å². The zero-order valence-electron chi connectivity index (χ0n) is 14.1. The largest absolute Gasteiger partial charge is 0.373 e. The number of nitrogens with zero attached hydrogens (tertiary/aromatic N) is 1. The third-order valence-electron chi connectivity index (χ3n) is 5.44. The quantitative estimate of drug-likeness (QED) is 0.664. The second kappa shape index (κ2) is 6.16. The first kappa shape index (κ1) is 15.0. The van der Waals surface area contributed by atoms with Gasteiger partial charge < -0.3 is 15.4 Å². The molecule has 4 heteroatoms. The summed E-state index contributed by atoms with van der Waals surface area (Å²) in [5.41, 5.74) is 2.87. The van der Waals surface area contributed by atoms with E-state index in [0.717, 1.165) is 18.9 Å². The topological polar surface area (TPSA) is 45.7 Å². The predicted octanol–water partition coefficient (Wildman–Crippen LogP) is 2.73. The van der Waals surface area contributed by atoms with Gasteiger partial charge in [0.1, 0.15) is 0 Å². The van der Waals surface area contributed by atoms with E-state index in [2.05, 4.69) is 53.7 Å². The van der Waals surface area contributed by atoms with Crippen LogP contribution >= 0.6 is 0 Å². The van der Waals surface area contributed by atoms with Gasteiger partial charge in [-0.2, -0.15) is 0 Å². The number of rotatable bonds is 4. The highest BCUT2D eigenvalue weighted by atomic mass is 16.5. The Morgan fingerprint density at radius 3 is 2.70 bits per heavy atom. The molecule has 124 valence electrons. The molecular formula is C19H27N3O. The fourth-order valence-corrected chi connectivity index (χ4v) is 4.13. The van der Waals surface area contributed by atoms with Gasteiger partial charge >= 0.3 is 0 Å². The number of aliphatic imine (C=N–C) groups is 1. The molecule has 0 aromatic heterocycles. The molecule has 4 nitrogen and oxygen atoms in total. The van der Waals surface area contributed by atoms with Crippen molar-refractivity contribution in [2.24, 2.45) is 4.99 Å². The Labute approximate surface area is 138 Å². The Morgan fingerprint density at radius 2 is 2.00 bits per heavy atom. The number of fused-ring (bicyclic) bond motifs is 2. The highest BCUT2D eigenvalue weighted by molar-refractivity contribution is 5.81. The Hall–Kier alpha value is -1.55. The summed E-state index contributed by atoms with van der Waals surface area (Å²) in [6.07, 6.45) is 5.60. The van der Waals surface area contributed by atoms with Gasteiger partial charge in [0.05, 0.1) is 18.2 Å². The standard InChI is InChI=1S/C19H27N3O/c1-3-20-19(22-17-10-13-8-9-18(17)23-13)21-16-11-15(16)14-7-5-4-6-12(14)2/h4-7,13,15-18H,3,8-11H2,1-2H3,(H2,20,21,22). The van der Waals surface area contributed by atoms with Crippen LogP contribution in [0, 0.1) is 6.92 Å². The van der Waals surface area contributed by atoms with Crippen molar-refractivity contribution < 1.29 is 4.74 Å². The van der Waals surface area contributed by atoms with Crippen molar-refractivity contribution in [2.45, 2.75) is 69.7 Å². The van der Waals surface area contributed by atoms with Gasteiger partial charge in [0.15, 0.2) is 5.96 Å². The minimum absolute atomic E-state index is 0.384. The number of nitrogens with one attached hydrogen (secondary N) is 2. The lowest BCUT2D eigenvalue weighted by atomic mass is 9.96. The zero-order valence-corrected chi connectivity index (χ0v) is 14.1. The minimum atomic E-state index is 0.384. The highest BCUT2D eigenvalue weighted by Gasteiger charge is 2.43. The van der Waals surface area contributed by atoms with Crippen LogP contribution in [-0.2, 0) is 4.74 Å². The van der Waals surface area contributed by atoms with E-state index in [1.807, 2.05) is 0 Å². The van der Waals surface area contributed by atoms with Gasteiger partial charge in [-0.1, -0.05) is 24.3 Å². The molecule has 5 atom stereocenters. The molecule has 0 spiro atoms. The van der Waals surface area contributed by atoms with E-state index in [9.17, 15) is 0 Å². The summed E-state index contributed by atoms with van der Waals surface area (Å²) in [7, 11) is 0. The van der Waals surface area contributed by atoms with Crippen molar-refractivity contribution in [2.75, 3.05) is 6.54 Å². The van der Waals surface area contributed by atoms with E-state index in [-0.39, 0.29) is 0 Å². The van der Waals surface area contributed by atoms with Gasteiger partial charge in [0.25, 0.3) is 0 Å².